The third-order valence-electron chi connectivity index (χ3n) is 2.52. The molecule has 1 fully saturated rings. The highest BCUT2D eigenvalue weighted by atomic mass is 19.4. The molecule has 4 nitrogen and oxygen atoms in total. The number of hydrogen-bond acceptors (Lipinski definition) is 2. The highest BCUT2D eigenvalue weighted by Crippen LogP contribution is 2.26. The summed E-state index contributed by atoms with van der Waals surface area (Å²) in [5, 5.41) is 0. The molecule has 0 aromatic heterocycles. The maximum atomic E-state index is 12.1. The van der Waals surface area contributed by atoms with Crippen LogP contribution in [0.3, 0.4) is 0 Å². The lowest BCUT2D eigenvalue weighted by Crippen LogP contribution is -2.36. The van der Waals surface area contributed by atoms with Crippen LogP contribution in [0.4, 0.5) is 13.2 Å². The van der Waals surface area contributed by atoms with Gasteiger partial charge < -0.3 is 10.6 Å². The fraction of sp³-hybridized carbons (Fsp3) is 0.778. The summed E-state index contributed by atoms with van der Waals surface area (Å²) < 4.78 is 36.2. The Hall–Kier alpha value is -1.27. The average molecular weight is 238 g/mol. The average Bonchev–Trinajstić information content (AvgIpc) is 2.43. The van der Waals surface area contributed by atoms with E-state index in [1.807, 2.05) is 0 Å². The standard InChI is InChI=1S/C9H13F3N2O2/c10-9(11,12)5-14-4-3-6(8(14)16)1-2-7(13)15/h6H,1-5H2,(H2,13,15). The van der Waals surface area contributed by atoms with E-state index in [0.717, 1.165) is 4.90 Å². The van der Waals surface area contributed by atoms with Crippen molar-refractivity contribution in [3.8, 4) is 0 Å². The van der Waals surface area contributed by atoms with Crippen LogP contribution in [0, 0.1) is 5.92 Å². The lowest BCUT2D eigenvalue weighted by Gasteiger charge is -2.18. The van der Waals surface area contributed by atoms with Gasteiger partial charge in [-0.3, -0.25) is 9.59 Å². The number of likely N-dealkylation sites (tertiary alicyclic amines) is 1. The van der Waals surface area contributed by atoms with Gasteiger partial charge in [-0.1, -0.05) is 0 Å². The lowest BCUT2D eigenvalue weighted by molar-refractivity contribution is -0.158. The van der Waals surface area contributed by atoms with E-state index in [2.05, 4.69) is 0 Å². The van der Waals surface area contributed by atoms with E-state index >= 15 is 0 Å². The largest absolute Gasteiger partial charge is 0.406 e. The number of alkyl halides is 3. The van der Waals surface area contributed by atoms with Gasteiger partial charge in [-0.2, -0.15) is 13.2 Å². The van der Waals surface area contributed by atoms with Gasteiger partial charge in [0, 0.05) is 18.9 Å². The minimum absolute atomic E-state index is 0.0380. The molecule has 16 heavy (non-hydrogen) atoms. The second-order valence-electron chi connectivity index (χ2n) is 3.87. The molecule has 0 aromatic carbocycles. The van der Waals surface area contributed by atoms with Crippen molar-refractivity contribution in [1.29, 1.82) is 0 Å². The zero-order chi connectivity index (χ0) is 12.3. The summed E-state index contributed by atoms with van der Waals surface area (Å²) in [7, 11) is 0. The summed E-state index contributed by atoms with van der Waals surface area (Å²) in [6, 6.07) is 0. The first-order valence-electron chi connectivity index (χ1n) is 4.93. The number of carbonyl (C=O) groups excluding carboxylic acids is 2. The molecule has 1 heterocycles. The summed E-state index contributed by atoms with van der Waals surface area (Å²) in [6.07, 6.45) is -3.73. The minimum atomic E-state index is -4.37. The SMILES string of the molecule is NC(=O)CCC1CCN(CC(F)(F)F)C1=O. The van der Waals surface area contributed by atoms with Gasteiger partial charge in [0.05, 0.1) is 0 Å². The van der Waals surface area contributed by atoms with E-state index < -0.39 is 30.5 Å². The molecule has 1 aliphatic rings. The number of carbonyl (C=O) groups is 2. The lowest BCUT2D eigenvalue weighted by atomic mass is 10.0. The summed E-state index contributed by atoms with van der Waals surface area (Å²) in [5.41, 5.74) is 4.91. The Morgan fingerprint density at radius 2 is 2.12 bits per heavy atom. The van der Waals surface area contributed by atoms with Gasteiger partial charge in [0.1, 0.15) is 6.54 Å². The maximum absolute atomic E-state index is 12.1. The summed E-state index contributed by atoms with van der Waals surface area (Å²) in [4.78, 5) is 22.7. The van der Waals surface area contributed by atoms with Gasteiger partial charge in [-0.25, -0.2) is 0 Å². The van der Waals surface area contributed by atoms with Crippen molar-refractivity contribution in [3.63, 3.8) is 0 Å². The molecule has 1 rings (SSSR count). The van der Waals surface area contributed by atoms with Crippen LogP contribution in [0.15, 0.2) is 0 Å². The van der Waals surface area contributed by atoms with E-state index in [-0.39, 0.29) is 19.4 Å². The molecular weight excluding hydrogens is 225 g/mol. The fourth-order valence-corrected chi connectivity index (χ4v) is 1.76. The second-order valence-corrected chi connectivity index (χ2v) is 3.87. The number of nitrogens with zero attached hydrogens (tertiary/aromatic N) is 1. The Balaban J connectivity index is 2.44. The summed E-state index contributed by atoms with van der Waals surface area (Å²) in [5.74, 6) is -1.56. The van der Waals surface area contributed by atoms with Gasteiger partial charge in [0.2, 0.25) is 11.8 Å². The Bertz CT molecular complexity index is 291. The number of nitrogens with two attached hydrogens (primary N) is 1. The number of primary amides is 1. The second kappa shape index (κ2) is 4.71. The van der Waals surface area contributed by atoms with Crippen molar-refractivity contribution in [3.05, 3.63) is 0 Å². The smallest absolute Gasteiger partial charge is 0.370 e. The molecule has 0 saturated carbocycles. The molecule has 7 heteroatoms. The first-order valence-corrected chi connectivity index (χ1v) is 4.93. The van der Waals surface area contributed by atoms with Crippen LogP contribution in [-0.4, -0.2) is 36.0 Å². The van der Waals surface area contributed by atoms with E-state index in [1.165, 1.54) is 0 Å². The first kappa shape index (κ1) is 12.8. The van der Waals surface area contributed by atoms with Gasteiger partial charge in [-0.15, -0.1) is 0 Å². The van der Waals surface area contributed by atoms with Crippen molar-refractivity contribution in [2.24, 2.45) is 11.7 Å². The molecule has 2 amide bonds. The van der Waals surface area contributed by atoms with E-state index in [0.29, 0.717) is 6.42 Å². The van der Waals surface area contributed by atoms with Crippen molar-refractivity contribution < 1.29 is 22.8 Å². The molecule has 1 unspecified atom stereocenters. The van der Waals surface area contributed by atoms with Crippen molar-refractivity contribution >= 4 is 11.8 Å². The van der Waals surface area contributed by atoms with Crippen LogP contribution in [-0.2, 0) is 9.59 Å². The van der Waals surface area contributed by atoms with Crippen LogP contribution < -0.4 is 5.73 Å². The van der Waals surface area contributed by atoms with Crippen LogP contribution in [0.25, 0.3) is 0 Å². The highest BCUT2D eigenvalue weighted by Gasteiger charge is 2.38. The Morgan fingerprint density at radius 3 is 2.62 bits per heavy atom. The third kappa shape index (κ3) is 3.71. The molecule has 92 valence electrons. The molecular formula is C9H13F3N2O2. The van der Waals surface area contributed by atoms with Gasteiger partial charge >= 0.3 is 6.18 Å². The zero-order valence-electron chi connectivity index (χ0n) is 8.59. The number of hydrogen-bond donors (Lipinski definition) is 1. The molecule has 0 bridgehead atoms. The van der Waals surface area contributed by atoms with E-state index in [4.69, 9.17) is 5.73 Å². The number of amides is 2. The summed E-state index contributed by atoms with van der Waals surface area (Å²) >= 11 is 0. The van der Waals surface area contributed by atoms with E-state index in [9.17, 15) is 22.8 Å². The quantitative estimate of drug-likeness (QED) is 0.782. The minimum Gasteiger partial charge on any atom is -0.370 e. The Labute approximate surface area is 90.6 Å². The van der Waals surface area contributed by atoms with Crippen molar-refractivity contribution in [2.45, 2.75) is 25.4 Å². The first-order chi connectivity index (χ1) is 7.29. The van der Waals surface area contributed by atoms with Gasteiger partial charge in [-0.05, 0) is 12.8 Å². The van der Waals surface area contributed by atoms with Gasteiger partial charge in [0.25, 0.3) is 0 Å². The Kier molecular flexibility index (Phi) is 3.77. The molecule has 0 radical (unpaired) electrons. The highest BCUT2D eigenvalue weighted by molar-refractivity contribution is 5.82. The fourth-order valence-electron chi connectivity index (χ4n) is 1.76. The molecule has 1 saturated heterocycles. The molecule has 0 spiro atoms. The monoisotopic (exact) mass is 238 g/mol. The number of halogens is 3. The molecule has 2 N–H and O–H groups in total. The van der Waals surface area contributed by atoms with Crippen molar-refractivity contribution in [2.75, 3.05) is 13.1 Å². The van der Waals surface area contributed by atoms with Crippen molar-refractivity contribution in [1.82, 2.24) is 4.90 Å². The van der Waals surface area contributed by atoms with Crippen LogP contribution >= 0.6 is 0 Å². The normalized spacial score (nSPS) is 21.6. The zero-order valence-corrected chi connectivity index (χ0v) is 8.59. The van der Waals surface area contributed by atoms with E-state index in [1.54, 1.807) is 0 Å². The molecule has 0 aromatic rings. The third-order valence-corrected chi connectivity index (χ3v) is 2.52. The topological polar surface area (TPSA) is 63.4 Å². The van der Waals surface area contributed by atoms with Crippen LogP contribution in [0.5, 0.6) is 0 Å². The predicted molar refractivity (Wildman–Crippen MR) is 49.2 cm³/mol. The van der Waals surface area contributed by atoms with Crippen LogP contribution in [0.1, 0.15) is 19.3 Å². The molecule has 1 aliphatic heterocycles. The Morgan fingerprint density at radius 1 is 1.50 bits per heavy atom. The molecule has 0 aliphatic carbocycles. The number of rotatable bonds is 4. The van der Waals surface area contributed by atoms with Gasteiger partial charge in [0.15, 0.2) is 0 Å². The predicted octanol–water partition coefficient (Wildman–Crippen LogP) is 0.663. The van der Waals surface area contributed by atoms with Crippen LogP contribution in [0.2, 0.25) is 0 Å². The maximum Gasteiger partial charge on any atom is 0.406 e. The molecule has 1 atom stereocenters. The summed E-state index contributed by atoms with van der Waals surface area (Å²) in [6.45, 7) is -1.11.